The summed E-state index contributed by atoms with van der Waals surface area (Å²) in [6.45, 7) is 0.932. The van der Waals surface area contributed by atoms with Gasteiger partial charge in [-0.05, 0) is 24.1 Å². The van der Waals surface area contributed by atoms with Crippen LogP contribution in [0.4, 0.5) is 4.79 Å². The molecule has 0 radical (unpaired) electrons. The number of methoxy groups -OCH3 is 1. The van der Waals surface area contributed by atoms with Crippen LogP contribution in [0.15, 0.2) is 24.3 Å². The molecule has 1 rings (SSSR count). The van der Waals surface area contributed by atoms with Crippen molar-refractivity contribution in [2.24, 2.45) is 0 Å². The molecule has 0 saturated heterocycles. The minimum Gasteiger partial charge on any atom is -0.508 e. The number of carbonyl (C=O) groups excluding carboxylic acids is 1. The van der Waals surface area contributed by atoms with Gasteiger partial charge in [0.05, 0.1) is 0 Å². The van der Waals surface area contributed by atoms with E-state index in [2.05, 4.69) is 10.6 Å². The molecule has 1 unspecified atom stereocenters. The summed E-state index contributed by atoms with van der Waals surface area (Å²) in [5.74, 6) is -1.01. The average Bonchev–Trinajstić information content (AvgIpc) is 2.45. The molecule has 0 spiro atoms. The zero-order valence-electron chi connectivity index (χ0n) is 11.8. The maximum Gasteiger partial charge on any atom is 0.326 e. The van der Waals surface area contributed by atoms with E-state index in [-0.39, 0.29) is 12.2 Å². The Bertz CT molecular complexity index is 461. The van der Waals surface area contributed by atoms with Crippen molar-refractivity contribution in [1.82, 2.24) is 10.6 Å². The molecule has 0 fully saturated rings. The second-order valence-corrected chi connectivity index (χ2v) is 4.51. The summed E-state index contributed by atoms with van der Waals surface area (Å²) in [5.41, 5.74) is 0.708. The molecular weight excluding hydrogens is 276 g/mol. The van der Waals surface area contributed by atoms with Crippen LogP contribution in [-0.2, 0) is 16.0 Å². The second-order valence-electron chi connectivity index (χ2n) is 4.51. The van der Waals surface area contributed by atoms with Gasteiger partial charge in [-0.2, -0.15) is 0 Å². The number of benzene rings is 1. The van der Waals surface area contributed by atoms with E-state index in [9.17, 15) is 14.7 Å². The lowest BCUT2D eigenvalue weighted by Crippen LogP contribution is -2.47. The number of aliphatic carboxylic acids is 1. The van der Waals surface area contributed by atoms with Gasteiger partial charge in [-0.25, -0.2) is 9.59 Å². The number of carbonyl (C=O) groups is 2. The van der Waals surface area contributed by atoms with Gasteiger partial charge in [-0.1, -0.05) is 12.1 Å². The number of phenols is 1. The summed E-state index contributed by atoms with van der Waals surface area (Å²) in [6, 6.07) is 4.61. The highest BCUT2D eigenvalue weighted by molar-refractivity contribution is 5.82. The van der Waals surface area contributed by atoms with Crippen LogP contribution >= 0.6 is 0 Å². The Balaban J connectivity index is 2.48. The Morgan fingerprint density at radius 1 is 1.29 bits per heavy atom. The SMILES string of the molecule is COCCCNC(=O)NC(Cc1ccc(O)cc1)C(=O)O. The largest absolute Gasteiger partial charge is 0.508 e. The van der Waals surface area contributed by atoms with Gasteiger partial charge in [-0.15, -0.1) is 0 Å². The number of nitrogens with one attached hydrogen (secondary N) is 2. The van der Waals surface area contributed by atoms with E-state index in [4.69, 9.17) is 9.84 Å². The van der Waals surface area contributed by atoms with E-state index < -0.39 is 18.0 Å². The highest BCUT2D eigenvalue weighted by Crippen LogP contribution is 2.11. The molecule has 2 amide bonds. The fraction of sp³-hybridized carbons (Fsp3) is 0.429. The van der Waals surface area contributed by atoms with Crippen LogP contribution in [0.5, 0.6) is 5.75 Å². The van der Waals surface area contributed by atoms with E-state index in [1.807, 2.05) is 0 Å². The molecule has 0 aliphatic heterocycles. The van der Waals surface area contributed by atoms with E-state index in [1.165, 1.54) is 12.1 Å². The van der Waals surface area contributed by atoms with Gasteiger partial charge >= 0.3 is 12.0 Å². The number of hydrogen-bond donors (Lipinski definition) is 4. The summed E-state index contributed by atoms with van der Waals surface area (Å²) < 4.78 is 4.85. The first-order valence-electron chi connectivity index (χ1n) is 6.57. The number of aromatic hydroxyl groups is 1. The van der Waals surface area contributed by atoms with Crippen molar-refractivity contribution in [2.75, 3.05) is 20.3 Å². The molecule has 1 aromatic rings. The fourth-order valence-corrected chi connectivity index (χ4v) is 1.70. The predicted octanol–water partition coefficient (Wildman–Crippen LogP) is 0.724. The van der Waals surface area contributed by atoms with E-state index in [1.54, 1.807) is 19.2 Å². The van der Waals surface area contributed by atoms with Crippen molar-refractivity contribution in [3.05, 3.63) is 29.8 Å². The molecular formula is C14H20N2O5. The highest BCUT2D eigenvalue weighted by atomic mass is 16.5. The second kappa shape index (κ2) is 8.80. The van der Waals surface area contributed by atoms with Gasteiger partial charge in [0.1, 0.15) is 11.8 Å². The van der Waals surface area contributed by atoms with Crippen LogP contribution in [-0.4, -0.2) is 48.5 Å². The molecule has 0 saturated carbocycles. The molecule has 116 valence electrons. The molecule has 7 heteroatoms. The van der Waals surface area contributed by atoms with Gasteiger partial charge in [0, 0.05) is 26.7 Å². The van der Waals surface area contributed by atoms with Gasteiger partial charge in [-0.3, -0.25) is 0 Å². The third-order valence-corrected chi connectivity index (χ3v) is 2.79. The molecule has 0 bridgehead atoms. The van der Waals surface area contributed by atoms with E-state index >= 15 is 0 Å². The highest BCUT2D eigenvalue weighted by Gasteiger charge is 2.20. The molecule has 1 aromatic carbocycles. The Labute approximate surface area is 122 Å². The van der Waals surface area contributed by atoms with Crippen LogP contribution in [0.2, 0.25) is 0 Å². The van der Waals surface area contributed by atoms with Gasteiger partial charge in [0.2, 0.25) is 0 Å². The molecule has 0 aliphatic rings. The number of rotatable bonds is 8. The minimum atomic E-state index is -1.12. The molecule has 0 heterocycles. The standard InChI is InChI=1S/C14H20N2O5/c1-21-8-2-7-15-14(20)16-12(13(18)19)9-10-3-5-11(17)6-4-10/h3-6,12,17H,2,7-9H2,1H3,(H,18,19)(H2,15,16,20). The van der Waals surface area contributed by atoms with Crippen molar-refractivity contribution in [3.8, 4) is 5.75 Å². The lowest BCUT2D eigenvalue weighted by Gasteiger charge is -2.15. The quantitative estimate of drug-likeness (QED) is 0.529. The monoisotopic (exact) mass is 296 g/mol. The Kier molecular flexibility index (Phi) is 7.03. The van der Waals surface area contributed by atoms with Crippen LogP contribution in [0, 0.1) is 0 Å². The molecule has 4 N–H and O–H groups in total. The number of carboxylic acid groups (broad SMARTS) is 1. The van der Waals surface area contributed by atoms with Crippen molar-refractivity contribution >= 4 is 12.0 Å². The minimum absolute atomic E-state index is 0.106. The normalized spacial score (nSPS) is 11.7. The van der Waals surface area contributed by atoms with Crippen molar-refractivity contribution in [1.29, 1.82) is 0 Å². The fourth-order valence-electron chi connectivity index (χ4n) is 1.70. The van der Waals surface area contributed by atoms with Gasteiger partial charge < -0.3 is 25.6 Å². The summed E-state index contributed by atoms with van der Waals surface area (Å²) >= 11 is 0. The smallest absolute Gasteiger partial charge is 0.326 e. The maximum absolute atomic E-state index is 11.6. The Morgan fingerprint density at radius 3 is 2.52 bits per heavy atom. The maximum atomic E-state index is 11.6. The van der Waals surface area contributed by atoms with Crippen molar-refractivity contribution in [2.45, 2.75) is 18.9 Å². The predicted molar refractivity (Wildman–Crippen MR) is 76.3 cm³/mol. The lowest BCUT2D eigenvalue weighted by atomic mass is 10.1. The molecule has 7 nitrogen and oxygen atoms in total. The number of phenolic OH excluding ortho intramolecular Hbond substituents is 1. The third-order valence-electron chi connectivity index (χ3n) is 2.79. The van der Waals surface area contributed by atoms with Gasteiger partial charge in [0.25, 0.3) is 0 Å². The molecule has 1 atom stereocenters. The lowest BCUT2D eigenvalue weighted by molar-refractivity contribution is -0.139. The average molecular weight is 296 g/mol. The number of hydrogen-bond acceptors (Lipinski definition) is 4. The van der Waals surface area contributed by atoms with Crippen LogP contribution in [0.25, 0.3) is 0 Å². The van der Waals surface area contributed by atoms with Gasteiger partial charge in [0.15, 0.2) is 0 Å². The first kappa shape index (κ1) is 16.8. The van der Waals surface area contributed by atoms with Crippen LogP contribution in [0.3, 0.4) is 0 Å². The number of carboxylic acids is 1. The van der Waals surface area contributed by atoms with Crippen molar-refractivity contribution < 1.29 is 24.5 Å². The zero-order chi connectivity index (χ0) is 15.7. The van der Waals surface area contributed by atoms with Crippen molar-refractivity contribution in [3.63, 3.8) is 0 Å². The first-order chi connectivity index (χ1) is 10.0. The molecule has 0 aliphatic carbocycles. The zero-order valence-corrected chi connectivity index (χ0v) is 11.8. The van der Waals surface area contributed by atoms with E-state index in [0.717, 1.165) is 0 Å². The Hall–Kier alpha value is -2.28. The number of ether oxygens (including phenoxy) is 1. The van der Waals surface area contributed by atoms with Crippen LogP contribution < -0.4 is 10.6 Å². The molecule has 0 aromatic heterocycles. The third kappa shape index (κ3) is 6.62. The summed E-state index contributed by atoms with van der Waals surface area (Å²) in [6.07, 6.45) is 0.792. The summed E-state index contributed by atoms with van der Waals surface area (Å²) in [5, 5.41) is 23.3. The summed E-state index contributed by atoms with van der Waals surface area (Å²) in [4.78, 5) is 22.8. The molecule has 21 heavy (non-hydrogen) atoms. The topological polar surface area (TPSA) is 108 Å². The van der Waals surface area contributed by atoms with E-state index in [0.29, 0.717) is 25.1 Å². The summed E-state index contributed by atoms with van der Waals surface area (Å²) in [7, 11) is 1.57. The number of amides is 2. The Morgan fingerprint density at radius 2 is 1.95 bits per heavy atom. The van der Waals surface area contributed by atoms with Crippen LogP contribution in [0.1, 0.15) is 12.0 Å². The number of urea groups is 1. The first-order valence-corrected chi connectivity index (χ1v) is 6.57.